The number of pyridine rings is 1. The van der Waals surface area contributed by atoms with Crippen molar-refractivity contribution >= 4 is 11.7 Å². The number of carbonyl (C=O) groups is 1. The molecule has 1 N–H and O–H groups in total. The minimum Gasteiger partial charge on any atom is -0.373 e. The first-order valence-electron chi connectivity index (χ1n) is 9.98. The van der Waals surface area contributed by atoms with Crippen LogP contribution in [0.2, 0.25) is 0 Å². The summed E-state index contributed by atoms with van der Waals surface area (Å²) in [5.74, 6) is 0.795. The van der Waals surface area contributed by atoms with E-state index in [-0.39, 0.29) is 18.1 Å². The number of piperidine rings is 1. The summed E-state index contributed by atoms with van der Waals surface area (Å²) in [6.45, 7) is 2.40. The van der Waals surface area contributed by atoms with Crippen LogP contribution in [0.1, 0.15) is 54.1 Å². The molecule has 0 aliphatic carbocycles. The Bertz CT molecular complexity index is 759. The molecule has 27 heavy (non-hydrogen) atoms. The smallest absolute Gasteiger partial charge is 0.257 e. The monoisotopic (exact) mass is 365 g/mol. The van der Waals surface area contributed by atoms with Gasteiger partial charge in [0.05, 0.1) is 11.7 Å². The zero-order valence-electron chi connectivity index (χ0n) is 15.6. The third-order valence-electron chi connectivity index (χ3n) is 5.48. The highest BCUT2D eigenvalue weighted by Gasteiger charge is 2.26. The van der Waals surface area contributed by atoms with Crippen molar-refractivity contribution in [3.8, 4) is 0 Å². The highest BCUT2D eigenvalue weighted by Crippen LogP contribution is 2.30. The molecule has 0 spiro atoms. The summed E-state index contributed by atoms with van der Waals surface area (Å²) < 4.78 is 5.97. The van der Waals surface area contributed by atoms with E-state index in [1.807, 2.05) is 35.2 Å². The highest BCUT2D eigenvalue weighted by molar-refractivity contribution is 5.98. The molecule has 2 unspecified atom stereocenters. The fourth-order valence-electron chi connectivity index (χ4n) is 3.98. The number of carbonyl (C=O) groups excluding carboxylic acids is 1. The Morgan fingerprint density at radius 2 is 1.89 bits per heavy atom. The number of nitrogens with zero attached hydrogens (tertiary/aromatic N) is 2. The van der Waals surface area contributed by atoms with Gasteiger partial charge in [-0.2, -0.15) is 0 Å². The van der Waals surface area contributed by atoms with E-state index >= 15 is 0 Å². The summed E-state index contributed by atoms with van der Waals surface area (Å²) in [5, 5.41) is 3.53. The van der Waals surface area contributed by atoms with Crippen LogP contribution < -0.4 is 5.32 Å². The van der Waals surface area contributed by atoms with Crippen molar-refractivity contribution in [2.45, 2.75) is 44.2 Å². The fourth-order valence-corrected chi connectivity index (χ4v) is 3.98. The quantitative estimate of drug-likeness (QED) is 0.888. The molecule has 2 aromatic rings. The van der Waals surface area contributed by atoms with Gasteiger partial charge in [-0.05, 0) is 49.8 Å². The molecule has 2 aliphatic heterocycles. The number of aromatic nitrogens is 1. The molecule has 2 fully saturated rings. The van der Waals surface area contributed by atoms with Crippen LogP contribution in [0.4, 0.5) is 5.82 Å². The molecule has 0 bridgehead atoms. The maximum atomic E-state index is 13.0. The third-order valence-corrected chi connectivity index (χ3v) is 5.48. The predicted octanol–water partition coefficient (Wildman–Crippen LogP) is 4.04. The lowest BCUT2D eigenvalue weighted by molar-refractivity contribution is 0.00973. The van der Waals surface area contributed by atoms with E-state index in [4.69, 9.17) is 4.74 Å². The Balaban J connectivity index is 1.47. The molecule has 1 amide bonds. The predicted molar refractivity (Wildman–Crippen MR) is 106 cm³/mol. The molecule has 5 nitrogen and oxygen atoms in total. The van der Waals surface area contributed by atoms with E-state index in [2.05, 4.69) is 22.4 Å². The van der Waals surface area contributed by atoms with Crippen LogP contribution in [0.5, 0.6) is 0 Å². The summed E-state index contributed by atoms with van der Waals surface area (Å²) in [6, 6.07) is 14.3. The van der Waals surface area contributed by atoms with Crippen LogP contribution in [-0.2, 0) is 4.74 Å². The number of ether oxygens (including phenoxy) is 1. The topological polar surface area (TPSA) is 54.5 Å². The molecule has 4 rings (SSSR count). The van der Waals surface area contributed by atoms with E-state index in [0.29, 0.717) is 18.0 Å². The van der Waals surface area contributed by atoms with Crippen molar-refractivity contribution < 1.29 is 9.53 Å². The molecule has 0 saturated carbocycles. The van der Waals surface area contributed by atoms with Crippen molar-refractivity contribution in [3.63, 3.8) is 0 Å². The summed E-state index contributed by atoms with van der Waals surface area (Å²) >= 11 is 0. The number of nitrogens with one attached hydrogen (secondary N) is 1. The molecule has 3 heterocycles. The van der Waals surface area contributed by atoms with Crippen molar-refractivity contribution in [1.82, 2.24) is 9.88 Å². The molecule has 142 valence electrons. The first-order chi connectivity index (χ1) is 13.3. The summed E-state index contributed by atoms with van der Waals surface area (Å²) in [7, 11) is 0. The van der Waals surface area contributed by atoms with Gasteiger partial charge in [0.1, 0.15) is 5.82 Å². The zero-order chi connectivity index (χ0) is 18.5. The van der Waals surface area contributed by atoms with E-state index in [1.165, 1.54) is 12.0 Å². The Morgan fingerprint density at radius 3 is 2.70 bits per heavy atom. The average Bonchev–Trinajstić information content (AvgIpc) is 2.75. The van der Waals surface area contributed by atoms with Gasteiger partial charge in [-0.25, -0.2) is 4.98 Å². The molecular formula is C22H27N3O2. The molecule has 0 radical (unpaired) electrons. The highest BCUT2D eigenvalue weighted by atomic mass is 16.5. The SMILES string of the molecule is O=C(c1cccnc1NC1CCOC(c2ccccc2)C1)N1CCCCC1. The Kier molecular flexibility index (Phi) is 5.68. The Labute approximate surface area is 160 Å². The van der Waals surface area contributed by atoms with Crippen LogP contribution in [0, 0.1) is 0 Å². The van der Waals surface area contributed by atoms with E-state index in [1.54, 1.807) is 6.20 Å². The number of amides is 1. The van der Waals surface area contributed by atoms with Crippen molar-refractivity contribution in [2.75, 3.05) is 25.0 Å². The number of benzene rings is 1. The summed E-state index contributed by atoms with van der Waals surface area (Å²) in [5.41, 5.74) is 1.89. The first kappa shape index (κ1) is 18.0. The molecule has 2 saturated heterocycles. The maximum absolute atomic E-state index is 13.0. The molecule has 2 aliphatic rings. The third kappa shape index (κ3) is 4.30. The zero-order valence-corrected chi connectivity index (χ0v) is 15.6. The lowest BCUT2D eigenvalue weighted by Gasteiger charge is -2.32. The Hall–Kier alpha value is -2.40. The van der Waals surface area contributed by atoms with Crippen LogP contribution >= 0.6 is 0 Å². The fraction of sp³-hybridized carbons (Fsp3) is 0.455. The van der Waals surface area contributed by atoms with Gasteiger partial charge < -0.3 is 15.0 Å². The number of rotatable bonds is 4. The molecule has 2 atom stereocenters. The van der Waals surface area contributed by atoms with Gasteiger partial charge in [-0.15, -0.1) is 0 Å². The van der Waals surface area contributed by atoms with Gasteiger partial charge in [0.2, 0.25) is 0 Å². The molecule has 5 heteroatoms. The van der Waals surface area contributed by atoms with E-state index < -0.39 is 0 Å². The second kappa shape index (κ2) is 8.53. The second-order valence-corrected chi connectivity index (χ2v) is 7.39. The normalized spacial score (nSPS) is 23.0. The standard InChI is InChI=1S/C22H27N3O2/c26-22(25-13-5-2-6-14-25)19-10-7-12-23-21(19)24-18-11-15-27-20(16-18)17-8-3-1-4-9-17/h1,3-4,7-10,12,18,20H,2,5-6,11,13-16H2,(H,23,24). The summed E-state index contributed by atoms with van der Waals surface area (Å²) in [4.78, 5) is 19.4. The minimum absolute atomic E-state index is 0.0856. The van der Waals surface area contributed by atoms with Gasteiger partial charge in [0.15, 0.2) is 0 Å². The molecular weight excluding hydrogens is 338 g/mol. The number of anilines is 1. The minimum atomic E-state index is 0.0856. The van der Waals surface area contributed by atoms with Crippen LogP contribution in [0.3, 0.4) is 0 Å². The van der Waals surface area contributed by atoms with Gasteiger partial charge in [0, 0.05) is 31.9 Å². The van der Waals surface area contributed by atoms with E-state index in [0.717, 1.165) is 38.8 Å². The lowest BCUT2D eigenvalue weighted by atomic mass is 9.97. The molecule has 1 aromatic heterocycles. The van der Waals surface area contributed by atoms with Gasteiger partial charge in [-0.1, -0.05) is 30.3 Å². The van der Waals surface area contributed by atoms with Crippen LogP contribution in [0.15, 0.2) is 48.7 Å². The van der Waals surface area contributed by atoms with Crippen LogP contribution in [0.25, 0.3) is 0 Å². The first-order valence-corrected chi connectivity index (χ1v) is 9.98. The second-order valence-electron chi connectivity index (χ2n) is 7.39. The van der Waals surface area contributed by atoms with E-state index in [9.17, 15) is 4.79 Å². The number of likely N-dealkylation sites (tertiary alicyclic amines) is 1. The van der Waals surface area contributed by atoms with Gasteiger partial charge >= 0.3 is 0 Å². The van der Waals surface area contributed by atoms with Gasteiger partial charge in [0.25, 0.3) is 5.91 Å². The largest absolute Gasteiger partial charge is 0.373 e. The lowest BCUT2D eigenvalue weighted by Crippen LogP contribution is -2.37. The Morgan fingerprint density at radius 1 is 1.07 bits per heavy atom. The van der Waals surface area contributed by atoms with Crippen LogP contribution in [-0.4, -0.2) is 41.5 Å². The van der Waals surface area contributed by atoms with Crippen molar-refractivity contribution in [1.29, 1.82) is 0 Å². The number of hydrogen-bond acceptors (Lipinski definition) is 4. The molecule has 1 aromatic carbocycles. The van der Waals surface area contributed by atoms with Gasteiger partial charge in [-0.3, -0.25) is 4.79 Å². The van der Waals surface area contributed by atoms with Crippen molar-refractivity contribution in [2.24, 2.45) is 0 Å². The average molecular weight is 365 g/mol. The van der Waals surface area contributed by atoms with Crippen molar-refractivity contribution in [3.05, 3.63) is 59.8 Å². The number of hydrogen-bond donors (Lipinski definition) is 1. The summed E-state index contributed by atoms with van der Waals surface area (Å²) in [6.07, 6.45) is 7.02. The maximum Gasteiger partial charge on any atom is 0.257 e.